The average molecular weight is 318 g/mol. The lowest BCUT2D eigenvalue weighted by Gasteiger charge is -2.19. The fourth-order valence-corrected chi connectivity index (χ4v) is 3.59. The SMILES string of the molecule is Cc1ccc(S(=O)(=O)Nc2c(C)c(C)c(N)c(C)c2C)cc1. The molecule has 118 valence electrons. The van der Waals surface area contributed by atoms with E-state index in [0.29, 0.717) is 11.4 Å². The maximum Gasteiger partial charge on any atom is 0.261 e. The minimum absolute atomic E-state index is 0.254. The molecular formula is C17H22N2O2S. The van der Waals surface area contributed by atoms with Crippen LogP contribution in [0.3, 0.4) is 0 Å². The molecule has 22 heavy (non-hydrogen) atoms. The Balaban J connectivity index is 2.53. The van der Waals surface area contributed by atoms with Crippen LogP contribution >= 0.6 is 0 Å². The van der Waals surface area contributed by atoms with Gasteiger partial charge < -0.3 is 5.73 Å². The molecule has 0 aliphatic carbocycles. The van der Waals surface area contributed by atoms with Crippen LogP contribution in [0.5, 0.6) is 0 Å². The summed E-state index contributed by atoms with van der Waals surface area (Å²) in [4.78, 5) is 0.254. The first-order chi connectivity index (χ1) is 10.1. The minimum atomic E-state index is -3.61. The normalized spacial score (nSPS) is 11.5. The highest BCUT2D eigenvalue weighted by Gasteiger charge is 2.19. The summed E-state index contributed by atoms with van der Waals surface area (Å²) in [5.74, 6) is 0. The van der Waals surface area contributed by atoms with Crippen LogP contribution in [0.15, 0.2) is 29.2 Å². The van der Waals surface area contributed by atoms with Crippen molar-refractivity contribution in [3.05, 3.63) is 52.1 Å². The predicted molar refractivity (Wildman–Crippen MR) is 91.8 cm³/mol. The molecular weight excluding hydrogens is 296 g/mol. The lowest BCUT2D eigenvalue weighted by Crippen LogP contribution is -2.16. The van der Waals surface area contributed by atoms with Crippen molar-refractivity contribution in [3.8, 4) is 0 Å². The molecule has 0 amide bonds. The lowest BCUT2D eigenvalue weighted by molar-refractivity contribution is 0.601. The van der Waals surface area contributed by atoms with Gasteiger partial charge in [0.2, 0.25) is 0 Å². The summed E-state index contributed by atoms with van der Waals surface area (Å²) in [7, 11) is -3.61. The summed E-state index contributed by atoms with van der Waals surface area (Å²) < 4.78 is 27.9. The number of hydrogen-bond donors (Lipinski definition) is 2. The maximum atomic E-state index is 12.6. The maximum absolute atomic E-state index is 12.6. The van der Waals surface area contributed by atoms with Gasteiger partial charge in [0.15, 0.2) is 0 Å². The van der Waals surface area contributed by atoms with E-state index in [1.54, 1.807) is 24.3 Å². The Morgan fingerprint density at radius 3 is 1.73 bits per heavy atom. The highest BCUT2D eigenvalue weighted by molar-refractivity contribution is 7.92. The molecule has 0 unspecified atom stereocenters. The Morgan fingerprint density at radius 2 is 1.27 bits per heavy atom. The van der Waals surface area contributed by atoms with Crippen molar-refractivity contribution in [2.75, 3.05) is 10.5 Å². The summed E-state index contributed by atoms with van der Waals surface area (Å²) in [6, 6.07) is 6.79. The van der Waals surface area contributed by atoms with Gasteiger partial charge in [-0.05, 0) is 69.0 Å². The van der Waals surface area contributed by atoms with E-state index in [1.807, 2.05) is 34.6 Å². The van der Waals surface area contributed by atoms with Crippen molar-refractivity contribution in [2.24, 2.45) is 0 Å². The van der Waals surface area contributed by atoms with Crippen LogP contribution in [0, 0.1) is 34.6 Å². The molecule has 2 rings (SSSR count). The molecule has 0 atom stereocenters. The van der Waals surface area contributed by atoms with Gasteiger partial charge in [0, 0.05) is 5.69 Å². The molecule has 0 aromatic heterocycles. The molecule has 2 aromatic carbocycles. The Bertz CT molecular complexity index is 794. The summed E-state index contributed by atoms with van der Waals surface area (Å²) in [5.41, 5.74) is 11.9. The predicted octanol–water partition coefficient (Wildman–Crippen LogP) is 3.61. The van der Waals surface area contributed by atoms with Gasteiger partial charge in [0.1, 0.15) is 0 Å². The van der Waals surface area contributed by atoms with Gasteiger partial charge >= 0.3 is 0 Å². The zero-order valence-electron chi connectivity index (χ0n) is 13.6. The molecule has 0 radical (unpaired) electrons. The van der Waals surface area contributed by atoms with Crippen molar-refractivity contribution < 1.29 is 8.42 Å². The number of sulfonamides is 1. The number of benzene rings is 2. The average Bonchev–Trinajstić information content (AvgIpc) is 2.48. The van der Waals surface area contributed by atoms with Gasteiger partial charge in [-0.25, -0.2) is 8.42 Å². The van der Waals surface area contributed by atoms with Crippen LogP contribution in [0.2, 0.25) is 0 Å². The minimum Gasteiger partial charge on any atom is -0.398 e. The Kier molecular flexibility index (Phi) is 4.20. The molecule has 0 aliphatic rings. The number of nitrogens with one attached hydrogen (secondary N) is 1. The van der Waals surface area contributed by atoms with Crippen LogP contribution in [0.4, 0.5) is 11.4 Å². The van der Waals surface area contributed by atoms with E-state index in [2.05, 4.69) is 4.72 Å². The van der Waals surface area contributed by atoms with Gasteiger partial charge in [-0.2, -0.15) is 0 Å². The quantitative estimate of drug-likeness (QED) is 0.849. The summed E-state index contributed by atoms with van der Waals surface area (Å²) in [5, 5.41) is 0. The standard InChI is InChI=1S/C17H22N2O2S/c1-10-6-8-15(9-7-10)22(20,21)19-17-13(4)11(2)16(18)12(3)14(17)5/h6-9,19H,18H2,1-5H3. The zero-order valence-corrected chi connectivity index (χ0v) is 14.4. The van der Waals surface area contributed by atoms with Gasteiger partial charge in [0.05, 0.1) is 10.6 Å². The summed E-state index contributed by atoms with van der Waals surface area (Å²) in [6.45, 7) is 9.49. The Labute approximate surface area is 132 Å². The molecule has 0 spiro atoms. The van der Waals surface area contributed by atoms with Crippen molar-refractivity contribution in [2.45, 2.75) is 39.5 Å². The van der Waals surface area contributed by atoms with E-state index in [4.69, 9.17) is 5.73 Å². The number of anilines is 2. The Morgan fingerprint density at radius 1 is 0.818 bits per heavy atom. The Hall–Kier alpha value is -2.01. The number of nitrogen functional groups attached to an aromatic ring is 1. The topological polar surface area (TPSA) is 72.2 Å². The van der Waals surface area contributed by atoms with Gasteiger partial charge in [-0.1, -0.05) is 17.7 Å². The largest absolute Gasteiger partial charge is 0.398 e. The van der Waals surface area contributed by atoms with E-state index in [9.17, 15) is 8.42 Å². The van der Waals surface area contributed by atoms with Crippen LogP contribution in [0.1, 0.15) is 27.8 Å². The van der Waals surface area contributed by atoms with E-state index in [1.165, 1.54) is 0 Å². The number of rotatable bonds is 3. The second-order valence-corrected chi connectivity index (χ2v) is 7.39. The third-order valence-corrected chi connectivity index (χ3v) is 5.62. The molecule has 5 heteroatoms. The van der Waals surface area contributed by atoms with Crippen LogP contribution in [-0.2, 0) is 10.0 Å². The van der Waals surface area contributed by atoms with E-state index in [-0.39, 0.29) is 4.90 Å². The van der Waals surface area contributed by atoms with Gasteiger partial charge in [0.25, 0.3) is 10.0 Å². The molecule has 0 aliphatic heterocycles. The van der Waals surface area contributed by atoms with Crippen LogP contribution in [0.25, 0.3) is 0 Å². The third kappa shape index (κ3) is 2.81. The van der Waals surface area contributed by atoms with Crippen molar-refractivity contribution in [1.82, 2.24) is 0 Å². The van der Waals surface area contributed by atoms with Crippen molar-refractivity contribution in [3.63, 3.8) is 0 Å². The first-order valence-electron chi connectivity index (χ1n) is 7.10. The van der Waals surface area contributed by atoms with E-state index < -0.39 is 10.0 Å². The van der Waals surface area contributed by atoms with Gasteiger partial charge in [-0.3, -0.25) is 4.72 Å². The molecule has 0 fully saturated rings. The third-order valence-electron chi connectivity index (χ3n) is 4.25. The first-order valence-corrected chi connectivity index (χ1v) is 8.58. The molecule has 0 saturated carbocycles. The highest BCUT2D eigenvalue weighted by Crippen LogP contribution is 2.33. The first kappa shape index (κ1) is 16.4. The molecule has 3 N–H and O–H groups in total. The van der Waals surface area contributed by atoms with Crippen molar-refractivity contribution in [1.29, 1.82) is 0 Å². The lowest BCUT2D eigenvalue weighted by atomic mass is 9.97. The molecule has 0 saturated heterocycles. The molecule has 4 nitrogen and oxygen atoms in total. The summed E-state index contributed by atoms with van der Waals surface area (Å²) >= 11 is 0. The number of nitrogens with two attached hydrogens (primary N) is 1. The fraction of sp³-hybridized carbons (Fsp3) is 0.294. The monoisotopic (exact) mass is 318 g/mol. The molecule has 0 bridgehead atoms. The smallest absolute Gasteiger partial charge is 0.261 e. The molecule has 2 aromatic rings. The number of hydrogen-bond acceptors (Lipinski definition) is 3. The molecule has 0 heterocycles. The second-order valence-electron chi connectivity index (χ2n) is 5.71. The van der Waals surface area contributed by atoms with E-state index >= 15 is 0 Å². The highest BCUT2D eigenvalue weighted by atomic mass is 32.2. The van der Waals surface area contributed by atoms with Gasteiger partial charge in [-0.15, -0.1) is 0 Å². The van der Waals surface area contributed by atoms with E-state index in [0.717, 1.165) is 27.8 Å². The van der Waals surface area contributed by atoms with Crippen molar-refractivity contribution >= 4 is 21.4 Å². The number of aryl methyl sites for hydroxylation is 1. The van der Waals surface area contributed by atoms with Crippen LogP contribution < -0.4 is 10.5 Å². The summed E-state index contributed by atoms with van der Waals surface area (Å²) in [6.07, 6.45) is 0. The van der Waals surface area contributed by atoms with Crippen LogP contribution in [-0.4, -0.2) is 8.42 Å². The zero-order chi connectivity index (χ0) is 16.7. The second kappa shape index (κ2) is 5.65. The fourth-order valence-electron chi connectivity index (χ4n) is 2.41.